The first kappa shape index (κ1) is 14.4. The van der Waals surface area contributed by atoms with Crippen molar-refractivity contribution in [1.82, 2.24) is 5.32 Å². The van der Waals surface area contributed by atoms with Crippen LogP contribution in [0.3, 0.4) is 0 Å². The van der Waals surface area contributed by atoms with E-state index >= 15 is 0 Å². The van der Waals surface area contributed by atoms with Gasteiger partial charge in [-0.05, 0) is 32.2 Å². The third-order valence-electron chi connectivity index (χ3n) is 2.38. The molecule has 0 saturated carbocycles. The van der Waals surface area contributed by atoms with Gasteiger partial charge in [0.05, 0.1) is 17.3 Å². The molecule has 0 radical (unpaired) electrons. The quantitative estimate of drug-likeness (QED) is 0.823. The van der Waals surface area contributed by atoms with Crippen LogP contribution in [-0.4, -0.2) is 19.0 Å². The van der Waals surface area contributed by atoms with Gasteiger partial charge in [0, 0.05) is 0 Å². The Kier molecular flexibility index (Phi) is 4.28. The summed E-state index contributed by atoms with van der Waals surface area (Å²) in [7, 11) is 1.51. The Labute approximate surface area is 101 Å². The van der Waals surface area contributed by atoms with Crippen molar-refractivity contribution in [3.8, 4) is 0 Å². The van der Waals surface area contributed by atoms with E-state index < -0.39 is 35.2 Å². The highest BCUT2D eigenvalue weighted by molar-refractivity contribution is 5.94. The zero-order valence-electron chi connectivity index (χ0n) is 9.73. The fraction of sp³-hybridized carbons (Fsp3) is 0.364. The number of rotatable bonds is 3. The van der Waals surface area contributed by atoms with Crippen LogP contribution in [0.2, 0.25) is 0 Å². The number of carbonyl (C=O) groups excluding carboxylic acids is 1. The predicted octanol–water partition coefficient (Wildman–Crippen LogP) is 2.39. The monoisotopic (exact) mass is 264 g/mol. The molecule has 1 aromatic carbocycles. The van der Waals surface area contributed by atoms with Crippen molar-refractivity contribution in [2.24, 2.45) is 0 Å². The van der Waals surface area contributed by atoms with Gasteiger partial charge in [0.2, 0.25) is 5.91 Å². The second-order valence-corrected chi connectivity index (χ2v) is 3.69. The molecule has 1 atom stereocenters. The van der Waals surface area contributed by atoms with Gasteiger partial charge in [0.15, 0.2) is 0 Å². The number of hydrogen-bond donors (Lipinski definition) is 2. The van der Waals surface area contributed by atoms with E-state index in [1.807, 2.05) is 0 Å². The Bertz CT molecular complexity index is 445. The minimum Gasteiger partial charge on any atom is -0.322 e. The summed E-state index contributed by atoms with van der Waals surface area (Å²) in [6.45, 7) is 1.50. The third kappa shape index (κ3) is 3.43. The highest BCUT2D eigenvalue weighted by Gasteiger charge is 2.31. The molecular formula is C11H12F4N2O. The fourth-order valence-electron chi connectivity index (χ4n) is 1.17. The molecule has 0 aromatic heterocycles. The Morgan fingerprint density at radius 2 is 1.94 bits per heavy atom. The number of nitrogens with one attached hydrogen (secondary N) is 2. The molecule has 0 aliphatic heterocycles. The van der Waals surface area contributed by atoms with E-state index in [-0.39, 0.29) is 0 Å². The Morgan fingerprint density at radius 1 is 1.33 bits per heavy atom. The summed E-state index contributed by atoms with van der Waals surface area (Å²) in [5.74, 6) is -1.53. The van der Waals surface area contributed by atoms with Crippen molar-refractivity contribution >= 4 is 11.6 Å². The third-order valence-corrected chi connectivity index (χ3v) is 2.38. The second kappa shape index (κ2) is 5.34. The van der Waals surface area contributed by atoms with Gasteiger partial charge in [-0.1, -0.05) is 0 Å². The first-order valence-corrected chi connectivity index (χ1v) is 5.10. The summed E-state index contributed by atoms with van der Waals surface area (Å²) >= 11 is 0. The maximum Gasteiger partial charge on any atom is 0.416 e. The van der Waals surface area contributed by atoms with Gasteiger partial charge in [-0.2, -0.15) is 13.2 Å². The van der Waals surface area contributed by atoms with Gasteiger partial charge in [0.25, 0.3) is 0 Å². The smallest absolute Gasteiger partial charge is 0.322 e. The van der Waals surface area contributed by atoms with Crippen LogP contribution in [0.4, 0.5) is 23.2 Å². The van der Waals surface area contributed by atoms with Crippen LogP contribution < -0.4 is 10.6 Å². The van der Waals surface area contributed by atoms with Crippen molar-refractivity contribution in [2.45, 2.75) is 19.1 Å². The second-order valence-electron chi connectivity index (χ2n) is 3.69. The molecule has 0 spiro atoms. The largest absolute Gasteiger partial charge is 0.416 e. The van der Waals surface area contributed by atoms with Crippen LogP contribution in [0.5, 0.6) is 0 Å². The van der Waals surface area contributed by atoms with Gasteiger partial charge >= 0.3 is 6.18 Å². The van der Waals surface area contributed by atoms with E-state index in [4.69, 9.17) is 0 Å². The SMILES string of the molecule is CNC(C)C(=O)Nc1cc(C(F)(F)F)ccc1F. The zero-order chi connectivity index (χ0) is 13.9. The number of benzene rings is 1. The van der Waals surface area contributed by atoms with Crippen molar-refractivity contribution in [3.63, 3.8) is 0 Å². The van der Waals surface area contributed by atoms with Gasteiger partial charge in [0.1, 0.15) is 5.82 Å². The molecule has 100 valence electrons. The number of likely N-dealkylation sites (N-methyl/N-ethyl adjacent to an activating group) is 1. The lowest BCUT2D eigenvalue weighted by molar-refractivity contribution is -0.137. The van der Waals surface area contributed by atoms with Crippen LogP contribution in [-0.2, 0) is 11.0 Å². The summed E-state index contributed by atoms with van der Waals surface area (Å²) in [5.41, 5.74) is -1.51. The van der Waals surface area contributed by atoms with E-state index in [0.29, 0.717) is 18.2 Å². The Balaban J connectivity index is 2.99. The predicted molar refractivity (Wildman–Crippen MR) is 58.6 cm³/mol. The average Bonchev–Trinajstić information content (AvgIpc) is 2.29. The van der Waals surface area contributed by atoms with Crippen LogP contribution in [0.1, 0.15) is 12.5 Å². The van der Waals surface area contributed by atoms with E-state index in [1.165, 1.54) is 14.0 Å². The van der Waals surface area contributed by atoms with Gasteiger partial charge in [-0.15, -0.1) is 0 Å². The summed E-state index contributed by atoms with van der Waals surface area (Å²) in [6, 6.07) is 1.21. The van der Waals surface area contributed by atoms with Crippen LogP contribution >= 0.6 is 0 Å². The van der Waals surface area contributed by atoms with E-state index in [9.17, 15) is 22.4 Å². The fourth-order valence-corrected chi connectivity index (χ4v) is 1.17. The number of carbonyl (C=O) groups is 1. The molecule has 3 nitrogen and oxygen atoms in total. The lowest BCUT2D eigenvalue weighted by Crippen LogP contribution is -2.35. The van der Waals surface area contributed by atoms with Crippen molar-refractivity contribution in [1.29, 1.82) is 0 Å². The summed E-state index contributed by atoms with van der Waals surface area (Å²) in [6.07, 6.45) is -4.58. The molecular weight excluding hydrogens is 252 g/mol. The highest BCUT2D eigenvalue weighted by Crippen LogP contribution is 2.31. The lowest BCUT2D eigenvalue weighted by atomic mass is 10.1. The Morgan fingerprint density at radius 3 is 2.44 bits per heavy atom. The minimum absolute atomic E-state index is 0.489. The first-order chi connectivity index (χ1) is 8.25. The molecule has 18 heavy (non-hydrogen) atoms. The van der Waals surface area contributed by atoms with E-state index in [1.54, 1.807) is 0 Å². The van der Waals surface area contributed by atoms with Crippen LogP contribution in [0.15, 0.2) is 18.2 Å². The first-order valence-electron chi connectivity index (χ1n) is 5.10. The van der Waals surface area contributed by atoms with Gasteiger partial charge < -0.3 is 10.6 Å². The summed E-state index contributed by atoms with van der Waals surface area (Å²) in [4.78, 5) is 11.4. The number of halogens is 4. The lowest BCUT2D eigenvalue weighted by Gasteiger charge is -2.13. The van der Waals surface area contributed by atoms with Crippen LogP contribution in [0, 0.1) is 5.82 Å². The molecule has 0 saturated heterocycles. The zero-order valence-corrected chi connectivity index (χ0v) is 9.73. The minimum atomic E-state index is -4.58. The van der Waals surface area contributed by atoms with Gasteiger partial charge in [-0.3, -0.25) is 4.79 Å². The van der Waals surface area contributed by atoms with E-state index in [2.05, 4.69) is 10.6 Å². The van der Waals surface area contributed by atoms with Crippen molar-refractivity contribution < 1.29 is 22.4 Å². The summed E-state index contributed by atoms with van der Waals surface area (Å²) < 4.78 is 50.5. The molecule has 0 aliphatic rings. The van der Waals surface area contributed by atoms with Gasteiger partial charge in [-0.25, -0.2) is 4.39 Å². The number of hydrogen-bond acceptors (Lipinski definition) is 2. The highest BCUT2D eigenvalue weighted by atomic mass is 19.4. The maximum atomic E-state index is 13.3. The molecule has 1 amide bonds. The number of anilines is 1. The standard InChI is InChI=1S/C11H12F4N2O/c1-6(16-2)10(18)17-9-5-7(11(13,14)15)3-4-8(9)12/h3-6,16H,1-2H3,(H,17,18). The molecule has 0 bridgehead atoms. The molecule has 0 heterocycles. The average molecular weight is 264 g/mol. The molecule has 0 fully saturated rings. The van der Waals surface area contributed by atoms with Crippen molar-refractivity contribution in [2.75, 3.05) is 12.4 Å². The maximum absolute atomic E-state index is 13.3. The van der Waals surface area contributed by atoms with Crippen molar-refractivity contribution in [3.05, 3.63) is 29.6 Å². The van der Waals surface area contributed by atoms with E-state index in [0.717, 1.165) is 0 Å². The molecule has 1 rings (SSSR count). The molecule has 2 N–H and O–H groups in total. The molecule has 1 unspecified atom stereocenters. The Hall–Kier alpha value is -1.63. The normalized spacial score (nSPS) is 13.2. The topological polar surface area (TPSA) is 41.1 Å². The number of alkyl halides is 3. The number of amides is 1. The molecule has 1 aromatic rings. The molecule has 0 aliphatic carbocycles. The van der Waals surface area contributed by atoms with Crippen LogP contribution in [0.25, 0.3) is 0 Å². The summed E-state index contributed by atoms with van der Waals surface area (Å²) in [5, 5.41) is 4.69. The molecule has 7 heteroatoms.